The van der Waals surface area contributed by atoms with Gasteiger partial charge in [0, 0.05) is 36.5 Å². The van der Waals surface area contributed by atoms with Gasteiger partial charge in [-0.1, -0.05) is 12.5 Å². The molecule has 5 rings (SSSR count). The van der Waals surface area contributed by atoms with Gasteiger partial charge in [0.05, 0.1) is 13.2 Å². The molecule has 3 N–H and O–H groups in total. The molecule has 12 heteroatoms. The number of nitrogens with zero attached hydrogens (tertiary/aromatic N) is 1. The second-order valence-corrected chi connectivity index (χ2v) is 13.1. The zero-order valence-electron chi connectivity index (χ0n) is 22.8. The highest BCUT2D eigenvalue weighted by Crippen LogP contribution is 2.43. The minimum atomic E-state index is -3.92. The summed E-state index contributed by atoms with van der Waals surface area (Å²) in [6, 6.07) is 5.37. The van der Waals surface area contributed by atoms with Gasteiger partial charge in [-0.05, 0) is 62.1 Å². The first kappa shape index (κ1) is 28.5. The minimum absolute atomic E-state index is 0.0408. The Morgan fingerprint density at radius 3 is 2.73 bits per heavy atom. The van der Waals surface area contributed by atoms with Crippen molar-refractivity contribution in [2.75, 3.05) is 26.9 Å². The van der Waals surface area contributed by atoms with Gasteiger partial charge < -0.3 is 29.4 Å². The van der Waals surface area contributed by atoms with Gasteiger partial charge in [-0.2, -0.15) is 0 Å². The fourth-order valence-corrected chi connectivity index (χ4v) is 7.03. The molecule has 1 saturated heterocycles. The molecule has 2 amide bonds. The molecule has 1 aromatic carbocycles. The summed E-state index contributed by atoms with van der Waals surface area (Å²) < 4.78 is 21.9. The van der Waals surface area contributed by atoms with E-state index < -0.39 is 38.0 Å². The van der Waals surface area contributed by atoms with Crippen molar-refractivity contribution in [3.8, 4) is 5.75 Å². The fraction of sp³-hybridized carbons (Fsp3) is 0.571. The van der Waals surface area contributed by atoms with Crippen molar-refractivity contribution in [1.29, 1.82) is 0 Å². The number of amides is 2. The standard InChI is InChI=1S/C28H36N3O8P/c1-38-25-11-5-9-20-19(25)13-22(29-20)28(35)31-14-17-7-3-8-18(17)26(31)27(34)30-21(12-16-6-4-10-23(16)32)24(33)15-39-40(2,36)37/h5,9,11,13,16-18,21,26,29H,3-4,6-8,10,12,14-15H2,1-2H3,(H,30,34)(H,36,37)/t16-,17-,18-,21-,26-/m0/s1. The quantitative estimate of drug-likeness (QED) is 0.367. The second kappa shape index (κ2) is 11.5. The number of ether oxygens (including phenoxy) is 1. The summed E-state index contributed by atoms with van der Waals surface area (Å²) in [4.78, 5) is 67.3. The molecule has 1 aromatic heterocycles. The van der Waals surface area contributed by atoms with Crippen molar-refractivity contribution < 1.29 is 37.9 Å². The number of methoxy groups -OCH3 is 1. The molecule has 3 fully saturated rings. The lowest BCUT2D eigenvalue weighted by Gasteiger charge is -2.29. The first-order chi connectivity index (χ1) is 19.1. The van der Waals surface area contributed by atoms with E-state index in [-0.39, 0.29) is 35.9 Å². The van der Waals surface area contributed by atoms with E-state index in [0.717, 1.165) is 43.3 Å². The fourth-order valence-electron chi connectivity index (χ4n) is 6.66. The maximum absolute atomic E-state index is 13.9. The van der Waals surface area contributed by atoms with E-state index in [1.165, 1.54) is 0 Å². The molecule has 2 saturated carbocycles. The molecule has 3 aliphatic rings. The number of hydrogen-bond acceptors (Lipinski definition) is 7. The van der Waals surface area contributed by atoms with Crippen molar-refractivity contribution >= 4 is 41.9 Å². The molecule has 2 heterocycles. The SMILES string of the molecule is COc1cccc2[nH]c(C(=O)N3C[C@@H]4CCC[C@@H]4[C@H]3C(=O)N[C@@H](C[C@@H]3CCCC3=O)C(=O)COP(C)(=O)O)cc12. The summed E-state index contributed by atoms with van der Waals surface area (Å²) in [7, 11) is -2.36. The number of Topliss-reactive ketones (excluding diaryl/α,β-unsaturated/α-hetero) is 2. The normalized spacial score (nSPS) is 26.5. The molecule has 6 atom stereocenters. The molecule has 2 aliphatic carbocycles. The Kier molecular flexibility index (Phi) is 8.17. The van der Waals surface area contributed by atoms with Crippen molar-refractivity contribution in [3.63, 3.8) is 0 Å². The Labute approximate surface area is 232 Å². The topological polar surface area (TPSA) is 155 Å². The van der Waals surface area contributed by atoms with Crippen LogP contribution in [0.4, 0.5) is 0 Å². The Hall–Kier alpha value is -3.01. The number of aromatic amines is 1. The molecule has 1 aliphatic heterocycles. The molecule has 11 nitrogen and oxygen atoms in total. The molecule has 216 valence electrons. The summed E-state index contributed by atoms with van der Waals surface area (Å²) >= 11 is 0. The maximum atomic E-state index is 13.9. The van der Waals surface area contributed by atoms with E-state index in [2.05, 4.69) is 10.3 Å². The van der Waals surface area contributed by atoms with Crippen LogP contribution in [0.3, 0.4) is 0 Å². The third kappa shape index (κ3) is 5.87. The summed E-state index contributed by atoms with van der Waals surface area (Å²) in [5, 5.41) is 3.58. The molecule has 2 aromatic rings. The summed E-state index contributed by atoms with van der Waals surface area (Å²) in [5.74, 6) is -0.918. The molecular weight excluding hydrogens is 537 g/mol. The lowest BCUT2D eigenvalue weighted by Crippen LogP contribution is -2.53. The summed E-state index contributed by atoms with van der Waals surface area (Å²) in [6.07, 6.45) is 4.53. The molecule has 0 bridgehead atoms. The lowest BCUT2D eigenvalue weighted by molar-refractivity contribution is -0.132. The smallest absolute Gasteiger partial charge is 0.325 e. The number of fused-ring (bicyclic) bond motifs is 2. The number of benzene rings is 1. The van der Waals surface area contributed by atoms with Crippen LogP contribution in [0.25, 0.3) is 10.9 Å². The number of likely N-dealkylation sites (tertiary alicyclic amines) is 1. The first-order valence-electron chi connectivity index (χ1n) is 13.8. The van der Waals surface area contributed by atoms with Crippen molar-refractivity contribution in [3.05, 3.63) is 30.0 Å². The van der Waals surface area contributed by atoms with Crippen LogP contribution in [0.5, 0.6) is 5.75 Å². The minimum Gasteiger partial charge on any atom is -0.496 e. The van der Waals surface area contributed by atoms with Gasteiger partial charge in [0.1, 0.15) is 29.9 Å². The highest BCUT2D eigenvalue weighted by Gasteiger charge is 2.50. The number of carbonyl (C=O) groups is 4. The number of hydrogen-bond donors (Lipinski definition) is 3. The zero-order valence-corrected chi connectivity index (χ0v) is 23.7. The maximum Gasteiger partial charge on any atom is 0.325 e. The number of H-pyrrole nitrogens is 1. The Balaban J connectivity index is 1.39. The number of carbonyl (C=O) groups excluding carboxylic acids is 4. The zero-order chi connectivity index (χ0) is 28.6. The monoisotopic (exact) mass is 573 g/mol. The van der Waals surface area contributed by atoms with Crippen LogP contribution >= 0.6 is 7.60 Å². The average Bonchev–Trinajstić information content (AvgIpc) is 3.69. The highest BCUT2D eigenvalue weighted by molar-refractivity contribution is 7.51. The number of ketones is 2. The number of rotatable bonds is 10. The van der Waals surface area contributed by atoms with Gasteiger partial charge in [-0.15, -0.1) is 0 Å². The van der Waals surface area contributed by atoms with Crippen LogP contribution in [0.1, 0.15) is 55.4 Å². The van der Waals surface area contributed by atoms with Gasteiger partial charge in [-0.3, -0.25) is 23.7 Å². The van der Waals surface area contributed by atoms with E-state index in [1.54, 1.807) is 18.1 Å². The summed E-state index contributed by atoms with van der Waals surface area (Å²) in [5.41, 5.74) is 1.09. The molecule has 0 radical (unpaired) electrons. The van der Waals surface area contributed by atoms with Crippen LogP contribution in [-0.4, -0.2) is 77.2 Å². The van der Waals surface area contributed by atoms with Gasteiger partial charge in [0.2, 0.25) is 5.91 Å². The third-order valence-corrected chi connectivity index (χ3v) is 9.21. The van der Waals surface area contributed by atoms with Crippen molar-refractivity contribution in [1.82, 2.24) is 15.2 Å². The van der Waals surface area contributed by atoms with Crippen LogP contribution in [0.15, 0.2) is 24.3 Å². The number of nitrogens with one attached hydrogen (secondary N) is 2. The first-order valence-corrected chi connectivity index (χ1v) is 15.9. The number of aromatic nitrogens is 1. The van der Waals surface area contributed by atoms with E-state index in [4.69, 9.17) is 9.26 Å². The molecule has 1 unspecified atom stereocenters. The van der Waals surface area contributed by atoms with Gasteiger partial charge in [-0.25, -0.2) is 0 Å². The molecule has 0 spiro atoms. The Morgan fingerprint density at radius 1 is 1.23 bits per heavy atom. The predicted molar refractivity (Wildman–Crippen MR) is 146 cm³/mol. The third-order valence-electron chi connectivity index (χ3n) is 8.60. The summed E-state index contributed by atoms with van der Waals surface area (Å²) in [6.45, 7) is 0.753. The average molecular weight is 574 g/mol. The van der Waals surface area contributed by atoms with Gasteiger partial charge >= 0.3 is 7.60 Å². The Morgan fingerprint density at radius 2 is 2.02 bits per heavy atom. The van der Waals surface area contributed by atoms with Crippen LogP contribution in [0, 0.1) is 17.8 Å². The largest absolute Gasteiger partial charge is 0.496 e. The van der Waals surface area contributed by atoms with E-state index in [0.29, 0.717) is 30.8 Å². The molecular formula is C28H36N3O8P. The van der Waals surface area contributed by atoms with Crippen molar-refractivity contribution in [2.24, 2.45) is 17.8 Å². The van der Waals surface area contributed by atoms with Crippen LogP contribution < -0.4 is 10.1 Å². The van der Waals surface area contributed by atoms with E-state index in [1.807, 2.05) is 18.2 Å². The highest BCUT2D eigenvalue weighted by atomic mass is 31.2. The van der Waals surface area contributed by atoms with Gasteiger partial charge in [0.15, 0.2) is 5.78 Å². The van der Waals surface area contributed by atoms with E-state index in [9.17, 15) is 28.6 Å². The van der Waals surface area contributed by atoms with Crippen LogP contribution in [0.2, 0.25) is 0 Å². The lowest BCUT2D eigenvalue weighted by atomic mass is 9.91. The predicted octanol–water partition coefficient (Wildman–Crippen LogP) is 3.06. The molecule has 40 heavy (non-hydrogen) atoms. The van der Waals surface area contributed by atoms with Crippen molar-refractivity contribution in [2.45, 2.75) is 57.0 Å². The second-order valence-electron chi connectivity index (χ2n) is 11.3. The van der Waals surface area contributed by atoms with Gasteiger partial charge in [0.25, 0.3) is 5.91 Å². The van der Waals surface area contributed by atoms with Crippen LogP contribution in [-0.2, 0) is 23.5 Å². The Bertz CT molecular complexity index is 1370. The van der Waals surface area contributed by atoms with E-state index >= 15 is 0 Å².